The number of anilines is 1. The van der Waals surface area contributed by atoms with Gasteiger partial charge in [0, 0.05) is 6.04 Å². The van der Waals surface area contributed by atoms with Crippen LogP contribution in [0, 0.1) is 11.8 Å². The van der Waals surface area contributed by atoms with Crippen LogP contribution in [0.4, 0.5) is 5.69 Å². The molecule has 1 fully saturated rings. The molecule has 2 rings (SSSR count). The third-order valence-electron chi connectivity index (χ3n) is 3.03. The second-order valence-electron chi connectivity index (χ2n) is 5.08. The fourth-order valence-corrected chi connectivity index (χ4v) is 2.14. The standard InChI is InChI=1S/C14H17ClN2O2/c1-8(2)16-13(18)9-7-10(9)14(19)17-12-6-4-3-5-11(12)15/h3-6,8-10H,7H2,1-2H3,(H,16,18)(H,17,19). The lowest BCUT2D eigenvalue weighted by molar-refractivity contribution is -0.125. The maximum absolute atomic E-state index is 12.0. The zero-order valence-electron chi connectivity index (χ0n) is 10.9. The molecule has 0 radical (unpaired) electrons. The molecular weight excluding hydrogens is 264 g/mol. The van der Waals surface area contributed by atoms with Crippen molar-refractivity contribution >= 4 is 29.1 Å². The van der Waals surface area contributed by atoms with Crippen LogP contribution in [0.15, 0.2) is 24.3 Å². The predicted octanol–water partition coefficient (Wildman–Crippen LogP) is 2.44. The molecule has 0 aliphatic heterocycles. The highest BCUT2D eigenvalue weighted by molar-refractivity contribution is 6.33. The summed E-state index contributed by atoms with van der Waals surface area (Å²) < 4.78 is 0. The molecule has 2 N–H and O–H groups in total. The van der Waals surface area contributed by atoms with Gasteiger partial charge in [0.25, 0.3) is 0 Å². The average Bonchev–Trinajstić information content (AvgIpc) is 3.11. The molecule has 19 heavy (non-hydrogen) atoms. The number of hydrogen-bond acceptors (Lipinski definition) is 2. The van der Waals surface area contributed by atoms with Gasteiger partial charge in [-0.2, -0.15) is 0 Å². The van der Waals surface area contributed by atoms with Crippen molar-refractivity contribution in [3.8, 4) is 0 Å². The Balaban J connectivity index is 1.90. The lowest BCUT2D eigenvalue weighted by atomic mass is 10.2. The SMILES string of the molecule is CC(C)NC(=O)C1CC1C(=O)Nc1ccccc1Cl. The Labute approximate surface area is 117 Å². The van der Waals surface area contributed by atoms with E-state index in [1.807, 2.05) is 13.8 Å². The predicted molar refractivity (Wildman–Crippen MR) is 75.0 cm³/mol. The summed E-state index contributed by atoms with van der Waals surface area (Å²) in [7, 11) is 0. The van der Waals surface area contributed by atoms with Gasteiger partial charge < -0.3 is 10.6 Å². The minimum atomic E-state index is -0.241. The molecule has 1 aliphatic carbocycles. The van der Waals surface area contributed by atoms with Crippen molar-refractivity contribution in [3.63, 3.8) is 0 Å². The summed E-state index contributed by atoms with van der Waals surface area (Å²) in [6.07, 6.45) is 0.606. The van der Waals surface area contributed by atoms with Crippen LogP contribution in [-0.4, -0.2) is 17.9 Å². The first-order valence-corrected chi connectivity index (χ1v) is 6.72. The van der Waals surface area contributed by atoms with Crippen molar-refractivity contribution in [3.05, 3.63) is 29.3 Å². The van der Waals surface area contributed by atoms with Crippen LogP contribution < -0.4 is 10.6 Å². The molecule has 0 saturated heterocycles. The zero-order chi connectivity index (χ0) is 14.0. The molecule has 0 bridgehead atoms. The second-order valence-corrected chi connectivity index (χ2v) is 5.49. The van der Waals surface area contributed by atoms with Gasteiger partial charge >= 0.3 is 0 Å². The van der Waals surface area contributed by atoms with Crippen LogP contribution in [0.25, 0.3) is 0 Å². The summed E-state index contributed by atoms with van der Waals surface area (Å²) in [6.45, 7) is 3.80. The number of hydrogen-bond donors (Lipinski definition) is 2. The van der Waals surface area contributed by atoms with Gasteiger partial charge in [0.15, 0.2) is 0 Å². The van der Waals surface area contributed by atoms with Crippen LogP contribution in [-0.2, 0) is 9.59 Å². The maximum Gasteiger partial charge on any atom is 0.228 e. The van der Waals surface area contributed by atoms with E-state index in [2.05, 4.69) is 10.6 Å². The summed E-state index contributed by atoms with van der Waals surface area (Å²) in [5, 5.41) is 6.08. The van der Waals surface area contributed by atoms with Gasteiger partial charge in [-0.05, 0) is 32.4 Å². The number of benzene rings is 1. The molecule has 0 heterocycles. The molecule has 1 aromatic rings. The molecule has 0 aromatic heterocycles. The number of carbonyl (C=O) groups is 2. The minimum Gasteiger partial charge on any atom is -0.354 e. The Kier molecular flexibility index (Phi) is 4.10. The molecule has 4 nitrogen and oxygen atoms in total. The Hall–Kier alpha value is -1.55. The van der Waals surface area contributed by atoms with Crippen molar-refractivity contribution in [1.29, 1.82) is 0 Å². The van der Waals surface area contributed by atoms with E-state index in [1.165, 1.54) is 0 Å². The summed E-state index contributed by atoms with van der Waals surface area (Å²) in [5.74, 6) is -0.633. The zero-order valence-corrected chi connectivity index (χ0v) is 11.7. The number of amides is 2. The number of nitrogens with one attached hydrogen (secondary N) is 2. The Morgan fingerprint density at radius 1 is 1.21 bits per heavy atom. The molecule has 5 heteroatoms. The number of carbonyl (C=O) groups excluding carboxylic acids is 2. The quantitative estimate of drug-likeness (QED) is 0.890. The van der Waals surface area contributed by atoms with E-state index in [9.17, 15) is 9.59 Å². The monoisotopic (exact) mass is 280 g/mol. The third kappa shape index (κ3) is 3.47. The Morgan fingerprint density at radius 3 is 2.47 bits per heavy atom. The van der Waals surface area contributed by atoms with Gasteiger partial charge in [-0.25, -0.2) is 0 Å². The van der Waals surface area contributed by atoms with Gasteiger partial charge in [0.1, 0.15) is 0 Å². The summed E-state index contributed by atoms with van der Waals surface area (Å²) in [4.78, 5) is 23.7. The van der Waals surface area contributed by atoms with E-state index in [4.69, 9.17) is 11.6 Å². The van der Waals surface area contributed by atoms with Gasteiger partial charge in [0.05, 0.1) is 22.5 Å². The van der Waals surface area contributed by atoms with Crippen LogP contribution in [0.5, 0.6) is 0 Å². The highest BCUT2D eigenvalue weighted by Gasteiger charge is 2.48. The Morgan fingerprint density at radius 2 is 1.84 bits per heavy atom. The third-order valence-corrected chi connectivity index (χ3v) is 3.36. The van der Waals surface area contributed by atoms with Gasteiger partial charge in [-0.15, -0.1) is 0 Å². The minimum absolute atomic E-state index is 0.0469. The largest absolute Gasteiger partial charge is 0.354 e. The molecule has 1 aromatic carbocycles. The van der Waals surface area contributed by atoms with Crippen molar-refractivity contribution in [2.75, 3.05) is 5.32 Å². The summed E-state index contributed by atoms with van der Waals surface area (Å²) >= 11 is 5.97. The van der Waals surface area contributed by atoms with Gasteiger partial charge in [-0.1, -0.05) is 23.7 Å². The maximum atomic E-state index is 12.0. The van der Waals surface area contributed by atoms with Crippen molar-refractivity contribution < 1.29 is 9.59 Å². The fraction of sp³-hybridized carbons (Fsp3) is 0.429. The normalized spacial score (nSPS) is 21.1. The summed E-state index contributed by atoms with van der Waals surface area (Å²) in [6, 6.07) is 7.16. The average molecular weight is 281 g/mol. The van der Waals surface area contributed by atoms with Crippen LogP contribution in [0.1, 0.15) is 20.3 Å². The topological polar surface area (TPSA) is 58.2 Å². The molecule has 1 aliphatic rings. The van der Waals surface area contributed by atoms with Crippen LogP contribution in [0.2, 0.25) is 5.02 Å². The van der Waals surface area contributed by atoms with Crippen LogP contribution >= 0.6 is 11.6 Å². The highest BCUT2D eigenvalue weighted by Crippen LogP contribution is 2.40. The van der Waals surface area contributed by atoms with Crippen molar-refractivity contribution in [1.82, 2.24) is 5.32 Å². The van der Waals surface area contributed by atoms with E-state index in [-0.39, 0.29) is 29.7 Å². The fourth-order valence-electron chi connectivity index (χ4n) is 1.95. The summed E-state index contributed by atoms with van der Waals surface area (Å²) in [5.41, 5.74) is 0.587. The number of halogens is 1. The first-order chi connectivity index (χ1) is 8.99. The molecule has 0 spiro atoms. The first kappa shape index (κ1) is 13.9. The van der Waals surface area contributed by atoms with Crippen molar-refractivity contribution in [2.45, 2.75) is 26.3 Å². The van der Waals surface area contributed by atoms with E-state index in [1.54, 1.807) is 24.3 Å². The van der Waals surface area contributed by atoms with Gasteiger partial charge in [0.2, 0.25) is 11.8 Å². The lowest BCUT2D eigenvalue weighted by Crippen LogP contribution is -2.32. The molecule has 1 saturated carbocycles. The van der Waals surface area contributed by atoms with Gasteiger partial charge in [-0.3, -0.25) is 9.59 Å². The van der Waals surface area contributed by atoms with E-state index < -0.39 is 0 Å². The highest BCUT2D eigenvalue weighted by atomic mass is 35.5. The molecule has 2 amide bonds. The van der Waals surface area contributed by atoms with E-state index >= 15 is 0 Å². The smallest absolute Gasteiger partial charge is 0.228 e. The first-order valence-electron chi connectivity index (χ1n) is 6.35. The molecule has 2 atom stereocenters. The number of para-hydroxylation sites is 1. The van der Waals surface area contributed by atoms with Crippen LogP contribution in [0.3, 0.4) is 0 Å². The molecule has 2 unspecified atom stereocenters. The Bertz CT molecular complexity index is 502. The molecule has 102 valence electrons. The van der Waals surface area contributed by atoms with E-state index in [0.29, 0.717) is 17.1 Å². The molecular formula is C14H17ClN2O2. The van der Waals surface area contributed by atoms with E-state index in [0.717, 1.165) is 0 Å². The lowest BCUT2D eigenvalue weighted by Gasteiger charge is -2.08. The second kappa shape index (κ2) is 5.61. The van der Waals surface area contributed by atoms with Crippen molar-refractivity contribution in [2.24, 2.45) is 11.8 Å². The number of rotatable bonds is 4.